The molecule has 1 aromatic heterocycles. The molecule has 1 heterocycles. The van der Waals surface area contributed by atoms with Crippen molar-refractivity contribution >= 4 is 11.6 Å². The zero-order valence-corrected chi connectivity index (χ0v) is 10.3. The summed E-state index contributed by atoms with van der Waals surface area (Å²) in [5, 5.41) is -0.0881. The van der Waals surface area contributed by atoms with Crippen molar-refractivity contribution in [2.75, 3.05) is 0 Å². The molecule has 16 heavy (non-hydrogen) atoms. The molecular formula is C14H15ClO. The lowest BCUT2D eigenvalue weighted by Gasteiger charge is -2.09. The maximum Gasteiger partial charge on any atom is 0.122 e. The maximum absolute atomic E-state index is 6.33. The van der Waals surface area contributed by atoms with E-state index in [1.54, 1.807) is 0 Å². The van der Waals surface area contributed by atoms with Crippen molar-refractivity contribution < 1.29 is 4.42 Å². The fourth-order valence-corrected chi connectivity index (χ4v) is 2.04. The fraction of sp³-hybridized carbons (Fsp3) is 0.286. The van der Waals surface area contributed by atoms with Gasteiger partial charge in [0, 0.05) is 0 Å². The Hall–Kier alpha value is -1.21. The molecule has 0 fully saturated rings. The van der Waals surface area contributed by atoms with Gasteiger partial charge in [-0.25, -0.2) is 0 Å². The molecule has 1 nitrogen and oxygen atoms in total. The number of furan rings is 1. The molecular weight excluding hydrogens is 220 g/mol. The molecule has 0 saturated heterocycles. The predicted octanol–water partition coefficient (Wildman–Crippen LogP) is 4.42. The van der Waals surface area contributed by atoms with Gasteiger partial charge in [-0.1, -0.05) is 24.3 Å². The van der Waals surface area contributed by atoms with Gasteiger partial charge in [0.25, 0.3) is 0 Å². The first kappa shape index (κ1) is 11.3. The highest BCUT2D eigenvalue weighted by molar-refractivity contribution is 6.20. The third-order valence-corrected chi connectivity index (χ3v) is 3.10. The fourth-order valence-electron chi connectivity index (χ4n) is 1.75. The Morgan fingerprint density at radius 3 is 2.50 bits per heavy atom. The monoisotopic (exact) mass is 234 g/mol. The molecule has 0 aliphatic heterocycles. The molecule has 0 spiro atoms. The van der Waals surface area contributed by atoms with Gasteiger partial charge in [0.1, 0.15) is 11.5 Å². The van der Waals surface area contributed by atoms with E-state index in [0.717, 1.165) is 17.9 Å². The van der Waals surface area contributed by atoms with E-state index in [4.69, 9.17) is 16.0 Å². The summed E-state index contributed by atoms with van der Waals surface area (Å²) in [4.78, 5) is 0. The first-order valence-electron chi connectivity index (χ1n) is 5.41. The normalized spacial score (nSPS) is 12.7. The maximum atomic E-state index is 6.33. The summed E-state index contributed by atoms with van der Waals surface area (Å²) in [6, 6.07) is 12.2. The van der Waals surface area contributed by atoms with Crippen molar-refractivity contribution in [1.82, 2.24) is 0 Å². The Bertz CT molecular complexity index is 473. The molecule has 1 aromatic carbocycles. The van der Waals surface area contributed by atoms with Gasteiger partial charge < -0.3 is 4.42 Å². The van der Waals surface area contributed by atoms with Crippen LogP contribution < -0.4 is 0 Å². The molecule has 0 saturated carbocycles. The van der Waals surface area contributed by atoms with E-state index in [-0.39, 0.29) is 5.38 Å². The molecule has 0 aliphatic carbocycles. The number of alkyl halides is 1. The standard InChI is InChI=1S/C14H15ClO/c1-10-5-3-4-6-12(10)9-13(15)14-8-7-11(2)16-14/h3-8,13H,9H2,1-2H3. The van der Waals surface area contributed by atoms with Crippen LogP contribution in [0.2, 0.25) is 0 Å². The van der Waals surface area contributed by atoms with Gasteiger partial charge in [-0.3, -0.25) is 0 Å². The number of halogens is 1. The minimum absolute atomic E-state index is 0.0881. The molecule has 2 rings (SSSR count). The summed E-state index contributed by atoms with van der Waals surface area (Å²) in [7, 11) is 0. The highest BCUT2D eigenvalue weighted by Crippen LogP contribution is 2.27. The van der Waals surface area contributed by atoms with Crippen molar-refractivity contribution in [2.45, 2.75) is 25.6 Å². The lowest BCUT2D eigenvalue weighted by molar-refractivity contribution is 0.477. The van der Waals surface area contributed by atoms with Gasteiger partial charge in [0.15, 0.2) is 0 Å². The van der Waals surface area contributed by atoms with E-state index in [2.05, 4.69) is 19.1 Å². The Balaban J connectivity index is 2.13. The second kappa shape index (κ2) is 4.75. The Labute approximate surface area is 101 Å². The van der Waals surface area contributed by atoms with Crippen LogP contribution in [0.3, 0.4) is 0 Å². The van der Waals surface area contributed by atoms with E-state index in [1.807, 2.05) is 31.2 Å². The van der Waals surface area contributed by atoms with Crippen LogP contribution in [0.5, 0.6) is 0 Å². The number of rotatable bonds is 3. The Kier molecular flexibility index (Phi) is 3.35. The van der Waals surface area contributed by atoms with E-state index in [0.29, 0.717) is 0 Å². The highest BCUT2D eigenvalue weighted by atomic mass is 35.5. The van der Waals surface area contributed by atoms with Gasteiger partial charge in [0.2, 0.25) is 0 Å². The molecule has 0 N–H and O–H groups in total. The zero-order valence-electron chi connectivity index (χ0n) is 9.53. The average Bonchev–Trinajstić information content (AvgIpc) is 2.68. The summed E-state index contributed by atoms with van der Waals surface area (Å²) in [5.41, 5.74) is 2.55. The summed E-state index contributed by atoms with van der Waals surface area (Å²) in [5.74, 6) is 1.76. The smallest absolute Gasteiger partial charge is 0.122 e. The second-order valence-corrected chi connectivity index (χ2v) is 4.57. The molecule has 84 valence electrons. The van der Waals surface area contributed by atoms with Crippen LogP contribution in [-0.4, -0.2) is 0 Å². The SMILES string of the molecule is Cc1ccc(C(Cl)Cc2ccccc2C)o1. The predicted molar refractivity (Wildman–Crippen MR) is 66.9 cm³/mol. The van der Waals surface area contributed by atoms with Crippen LogP contribution in [0.1, 0.15) is 28.0 Å². The van der Waals surface area contributed by atoms with Gasteiger partial charge in [-0.05, 0) is 43.5 Å². The lowest BCUT2D eigenvalue weighted by Crippen LogP contribution is -1.96. The molecule has 0 radical (unpaired) electrons. The van der Waals surface area contributed by atoms with Gasteiger partial charge in [-0.2, -0.15) is 0 Å². The lowest BCUT2D eigenvalue weighted by atomic mass is 10.0. The zero-order chi connectivity index (χ0) is 11.5. The summed E-state index contributed by atoms with van der Waals surface area (Å²) in [6.07, 6.45) is 0.807. The minimum atomic E-state index is -0.0881. The molecule has 2 heteroatoms. The van der Waals surface area contributed by atoms with Crippen molar-refractivity contribution in [2.24, 2.45) is 0 Å². The second-order valence-electron chi connectivity index (χ2n) is 4.05. The Morgan fingerprint density at radius 1 is 1.12 bits per heavy atom. The number of benzene rings is 1. The molecule has 0 bridgehead atoms. The van der Waals surface area contributed by atoms with Crippen molar-refractivity contribution in [1.29, 1.82) is 0 Å². The van der Waals surface area contributed by atoms with Crippen LogP contribution >= 0.6 is 11.6 Å². The van der Waals surface area contributed by atoms with Crippen LogP contribution in [0.25, 0.3) is 0 Å². The summed E-state index contributed by atoms with van der Waals surface area (Å²) >= 11 is 6.33. The van der Waals surface area contributed by atoms with E-state index in [9.17, 15) is 0 Å². The minimum Gasteiger partial charge on any atom is -0.465 e. The van der Waals surface area contributed by atoms with Crippen LogP contribution in [0.15, 0.2) is 40.8 Å². The average molecular weight is 235 g/mol. The molecule has 1 atom stereocenters. The first-order chi connectivity index (χ1) is 7.66. The molecule has 0 aliphatic rings. The van der Waals surface area contributed by atoms with Gasteiger partial charge in [0.05, 0.1) is 5.38 Å². The first-order valence-corrected chi connectivity index (χ1v) is 5.85. The van der Waals surface area contributed by atoms with E-state index < -0.39 is 0 Å². The highest BCUT2D eigenvalue weighted by Gasteiger charge is 2.13. The third-order valence-electron chi connectivity index (χ3n) is 2.73. The summed E-state index contributed by atoms with van der Waals surface area (Å²) < 4.78 is 5.53. The van der Waals surface area contributed by atoms with Crippen LogP contribution in [0.4, 0.5) is 0 Å². The van der Waals surface area contributed by atoms with Gasteiger partial charge in [-0.15, -0.1) is 11.6 Å². The Morgan fingerprint density at radius 2 is 1.88 bits per heavy atom. The molecule has 2 aromatic rings. The van der Waals surface area contributed by atoms with E-state index >= 15 is 0 Å². The quantitative estimate of drug-likeness (QED) is 0.717. The molecule has 0 amide bonds. The van der Waals surface area contributed by atoms with Crippen molar-refractivity contribution in [3.05, 3.63) is 59.0 Å². The topological polar surface area (TPSA) is 13.1 Å². The van der Waals surface area contributed by atoms with Crippen molar-refractivity contribution in [3.63, 3.8) is 0 Å². The number of hydrogen-bond donors (Lipinski definition) is 0. The molecule has 1 unspecified atom stereocenters. The largest absolute Gasteiger partial charge is 0.465 e. The number of hydrogen-bond acceptors (Lipinski definition) is 1. The van der Waals surface area contributed by atoms with E-state index in [1.165, 1.54) is 11.1 Å². The summed E-state index contributed by atoms with van der Waals surface area (Å²) in [6.45, 7) is 4.03. The third kappa shape index (κ3) is 2.48. The number of aryl methyl sites for hydroxylation is 2. The van der Waals surface area contributed by atoms with Crippen LogP contribution in [-0.2, 0) is 6.42 Å². The van der Waals surface area contributed by atoms with Gasteiger partial charge >= 0.3 is 0 Å². The van der Waals surface area contributed by atoms with Crippen LogP contribution in [0, 0.1) is 13.8 Å². The van der Waals surface area contributed by atoms with Crippen molar-refractivity contribution in [3.8, 4) is 0 Å².